The molecule has 0 aliphatic carbocycles. The standard InChI is InChI=1S/C18H14N2O2/c1-13(21)22-17-12-11-14-7-5-6-10-16(14)18(17)20-19-15-8-3-2-4-9-15/h2-12H,1H3. The average Bonchev–Trinajstić information content (AvgIpc) is 2.54. The molecule has 0 saturated heterocycles. The lowest BCUT2D eigenvalue weighted by molar-refractivity contribution is -0.131. The predicted molar refractivity (Wildman–Crippen MR) is 85.9 cm³/mol. The van der Waals surface area contributed by atoms with Crippen LogP contribution in [0.15, 0.2) is 77.0 Å². The highest BCUT2D eigenvalue weighted by Crippen LogP contribution is 2.37. The van der Waals surface area contributed by atoms with Gasteiger partial charge in [0.1, 0.15) is 5.69 Å². The SMILES string of the molecule is CC(=O)Oc1ccc2ccccc2c1N=Nc1ccccc1. The van der Waals surface area contributed by atoms with E-state index in [2.05, 4.69) is 10.2 Å². The quantitative estimate of drug-likeness (QED) is 0.379. The monoisotopic (exact) mass is 290 g/mol. The Labute approximate surface area is 128 Å². The molecule has 0 spiro atoms. The summed E-state index contributed by atoms with van der Waals surface area (Å²) >= 11 is 0. The van der Waals surface area contributed by atoms with Crippen molar-refractivity contribution in [3.63, 3.8) is 0 Å². The van der Waals surface area contributed by atoms with Crippen LogP contribution in [0.5, 0.6) is 5.75 Å². The Morgan fingerprint density at radius 1 is 0.864 bits per heavy atom. The van der Waals surface area contributed by atoms with Crippen molar-refractivity contribution in [2.24, 2.45) is 10.2 Å². The van der Waals surface area contributed by atoms with E-state index >= 15 is 0 Å². The van der Waals surface area contributed by atoms with Gasteiger partial charge in [0.2, 0.25) is 0 Å². The second kappa shape index (κ2) is 6.18. The highest BCUT2D eigenvalue weighted by molar-refractivity contribution is 5.96. The topological polar surface area (TPSA) is 51.0 Å². The van der Waals surface area contributed by atoms with Gasteiger partial charge >= 0.3 is 5.97 Å². The Morgan fingerprint density at radius 2 is 1.59 bits per heavy atom. The van der Waals surface area contributed by atoms with Crippen LogP contribution in [0, 0.1) is 0 Å². The number of hydrogen-bond acceptors (Lipinski definition) is 4. The molecule has 0 atom stereocenters. The summed E-state index contributed by atoms with van der Waals surface area (Å²) in [4.78, 5) is 11.3. The number of hydrogen-bond donors (Lipinski definition) is 0. The number of fused-ring (bicyclic) bond motifs is 1. The molecule has 0 heterocycles. The first-order valence-electron chi connectivity index (χ1n) is 6.91. The third-order valence-corrected chi connectivity index (χ3v) is 3.14. The van der Waals surface area contributed by atoms with Crippen molar-refractivity contribution in [2.45, 2.75) is 6.92 Å². The van der Waals surface area contributed by atoms with Crippen molar-refractivity contribution in [3.8, 4) is 5.75 Å². The Morgan fingerprint density at radius 3 is 2.36 bits per heavy atom. The van der Waals surface area contributed by atoms with E-state index in [1.165, 1.54) is 6.92 Å². The van der Waals surface area contributed by atoms with Crippen LogP contribution in [0.4, 0.5) is 11.4 Å². The zero-order valence-corrected chi connectivity index (χ0v) is 12.1. The van der Waals surface area contributed by atoms with Gasteiger partial charge in [0.15, 0.2) is 5.75 Å². The fourth-order valence-corrected chi connectivity index (χ4v) is 2.18. The summed E-state index contributed by atoms with van der Waals surface area (Å²) in [5.74, 6) is 0.0253. The fraction of sp³-hybridized carbons (Fsp3) is 0.0556. The molecule has 4 heteroatoms. The molecule has 0 radical (unpaired) electrons. The number of benzene rings is 3. The Hall–Kier alpha value is -3.01. The van der Waals surface area contributed by atoms with E-state index in [0.717, 1.165) is 16.5 Å². The summed E-state index contributed by atoms with van der Waals surface area (Å²) in [5.41, 5.74) is 1.29. The lowest BCUT2D eigenvalue weighted by atomic mass is 10.1. The highest BCUT2D eigenvalue weighted by atomic mass is 16.5. The maximum atomic E-state index is 11.3. The number of carbonyl (C=O) groups excluding carboxylic acids is 1. The molecule has 0 N–H and O–H groups in total. The summed E-state index contributed by atoms with van der Waals surface area (Å²) < 4.78 is 5.25. The van der Waals surface area contributed by atoms with Crippen LogP contribution in [0.2, 0.25) is 0 Å². The maximum absolute atomic E-state index is 11.3. The number of carbonyl (C=O) groups is 1. The summed E-state index contributed by atoms with van der Waals surface area (Å²) in [5, 5.41) is 10.4. The fourth-order valence-electron chi connectivity index (χ4n) is 2.18. The zero-order chi connectivity index (χ0) is 15.4. The van der Waals surface area contributed by atoms with Crippen molar-refractivity contribution < 1.29 is 9.53 Å². The third kappa shape index (κ3) is 3.01. The van der Waals surface area contributed by atoms with E-state index in [4.69, 9.17) is 4.74 Å². The summed E-state index contributed by atoms with van der Waals surface area (Å²) in [6.45, 7) is 1.37. The molecule has 0 aliphatic rings. The number of rotatable bonds is 3. The highest BCUT2D eigenvalue weighted by Gasteiger charge is 2.10. The summed E-state index contributed by atoms with van der Waals surface area (Å²) in [6, 6.07) is 20.8. The first-order chi connectivity index (χ1) is 10.7. The minimum Gasteiger partial charge on any atom is -0.424 e. The zero-order valence-electron chi connectivity index (χ0n) is 12.1. The lowest BCUT2D eigenvalue weighted by Gasteiger charge is -2.07. The van der Waals surface area contributed by atoms with E-state index in [9.17, 15) is 4.79 Å². The largest absolute Gasteiger partial charge is 0.424 e. The Kier molecular flexibility index (Phi) is 3.92. The van der Waals surface area contributed by atoms with Crippen LogP contribution in [0.1, 0.15) is 6.92 Å². The second-order valence-electron chi connectivity index (χ2n) is 4.76. The van der Waals surface area contributed by atoms with Gasteiger partial charge < -0.3 is 4.74 Å². The molecule has 0 aliphatic heterocycles. The first kappa shape index (κ1) is 13.9. The molecule has 0 aromatic heterocycles. The van der Waals surface area contributed by atoms with Crippen molar-refractivity contribution in [3.05, 3.63) is 66.7 Å². The molecule has 3 aromatic rings. The first-order valence-corrected chi connectivity index (χ1v) is 6.91. The molecular formula is C18H14N2O2. The van der Waals surface area contributed by atoms with Crippen molar-refractivity contribution >= 4 is 28.1 Å². The van der Waals surface area contributed by atoms with E-state index in [1.54, 1.807) is 6.07 Å². The van der Waals surface area contributed by atoms with Crippen molar-refractivity contribution in [2.75, 3.05) is 0 Å². The molecule has 0 bridgehead atoms. The van der Waals surface area contributed by atoms with Gasteiger partial charge in [-0.1, -0.05) is 48.5 Å². The van der Waals surface area contributed by atoms with E-state index in [0.29, 0.717) is 11.4 Å². The van der Waals surface area contributed by atoms with Gasteiger partial charge in [-0.05, 0) is 23.6 Å². The van der Waals surface area contributed by atoms with Gasteiger partial charge in [0, 0.05) is 12.3 Å². The van der Waals surface area contributed by atoms with Gasteiger partial charge in [-0.3, -0.25) is 4.79 Å². The van der Waals surface area contributed by atoms with Crippen LogP contribution in [0.25, 0.3) is 10.8 Å². The molecular weight excluding hydrogens is 276 g/mol. The van der Waals surface area contributed by atoms with Crippen LogP contribution < -0.4 is 4.74 Å². The lowest BCUT2D eigenvalue weighted by Crippen LogP contribution is -2.01. The summed E-state index contributed by atoms with van der Waals surface area (Å²) in [7, 11) is 0. The number of ether oxygens (including phenoxy) is 1. The van der Waals surface area contributed by atoms with Gasteiger partial charge in [-0.25, -0.2) is 0 Å². The second-order valence-corrected chi connectivity index (χ2v) is 4.76. The van der Waals surface area contributed by atoms with Crippen molar-refractivity contribution in [1.29, 1.82) is 0 Å². The van der Waals surface area contributed by atoms with Crippen molar-refractivity contribution in [1.82, 2.24) is 0 Å². The van der Waals surface area contributed by atoms with Crippen LogP contribution >= 0.6 is 0 Å². The Balaban J connectivity index is 2.11. The molecule has 0 saturated carbocycles. The van der Waals surface area contributed by atoms with Crippen LogP contribution in [0.3, 0.4) is 0 Å². The summed E-state index contributed by atoms with van der Waals surface area (Å²) in [6.07, 6.45) is 0. The van der Waals surface area contributed by atoms with Gasteiger partial charge in [0.05, 0.1) is 5.69 Å². The molecule has 4 nitrogen and oxygen atoms in total. The van der Waals surface area contributed by atoms with E-state index in [-0.39, 0.29) is 5.97 Å². The van der Waals surface area contributed by atoms with Crippen LogP contribution in [-0.4, -0.2) is 5.97 Å². The number of nitrogens with zero attached hydrogens (tertiary/aromatic N) is 2. The number of esters is 1. The molecule has 22 heavy (non-hydrogen) atoms. The molecule has 0 fully saturated rings. The minimum absolute atomic E-state index is 0.383. The predicted octanol–water partition coefficient (Wildman–Crippen LogP) is 5.18. The smallest absolute Gasteiger partial charge is 0.308 e. The molecule has 3 aromatic carbocycles. The van der Waals surface area contributed by atoms with Gasteiger partial charge in [-0.15, -0.1) is 5.11 Å². The molecule has 0 amide bonds. The van der Waals surface area contributed by atoms with Gasteiger partial charge in [-0.2, -0.15) is 5.11 Å². The number of azo groups is 1. The van der Waals surface area contributed by atoms with Crippen LogP contribution in [-0.2, 0) is 4.79 Å². The molecule has 108 valence electrons. The average molecular weight is 290 g/mol. The van der Waals surface area contributed by atoms with E-state index < -0.39 is 0 Å². The third-order valence-electron chi connectivity index (χ3n) is 3.14. The van der Waals surface area contributed by atoms with Gasteiger partial charge in [0.25, 0.3) is 0 Å². The minimum atomic E-state index is -0.383. The Bertz CT molecular complexity index is 842. The molecule has 0 unspecified atom stereocenters. The normalized spacial score (nSPS) is 11.0. The maximum Gasteiger partial charge on any atom is 0.308 e. The van der Waals surface area contributed by atoms with E-state index in [1.807, 2.05) is 60.7 Å². The molecule has 3 rings (SSSR count).